The van der Waals surface area contributed by atoms with Gasteiger partial charge in [0.25, 0.3) is 0 Å². The highest BCUT2D eigenvalue weighted by Gasteiger charge is 2.21. The van der Waals surface area contributed by atoms with Crippen molar-refractivity contribution < 1.29 is 24.2 Å². The first-order chi connectivity index (χ1) is 20.2. The topological polar surface area (TPSA) is 112 Å². The fraction of sp³-hybridized carbons (Fsp3) is 0.265. The lowest BCUT2D eigenvalue weighted by molar-refractivity contribution is -0.106. The van der Waals surface area contributed by atoms with E-state index >= 15 is 0 Å². The van der Waals surface area contributed by atoms with Crippen molar-refractivity contribution in [3.8, 4) is 5.75 Å². The number of halogens is 1. The second-order valence-corrected chi connectivity index (χ2v) is 10.7. The number of pyridine rings is 1. The molecule has 8 heteroatoms. The number of aromatic hydroxyl groups is 1. The normalized spacial score (nSPS) is 11.7. The van der Waals surface area contributed by atoms with Gasteiger partial charge in [-0.3, -0.25) is 9.78 Å². The SMILES string of the molecule is COCC(Cc1ccc(O)cc1)c1cc(C(=O)OCCC(C)C)c2cc(/C=C/c3ccc(Cl)cc3)ccc2n1.NC=O. The molecule has 1 atom stereocenters. The molecule has 3 aromatic carbocycles. The molecule has 0 saturated heterocycles. The molecule has 0 aliphatic carbocycles. The first kappa shape index (κ1) is 32.3. The Morgan fingerprint density at radius 3 is 2.29 bits per heavy atom. The molecule has 4 aromatic rings. The number of primary amides is 1. The number of methoxy groups -OCH3 is 1. The highest BCUT2D eigenvalue weighted by atomic mass is 35.5. The lowest BCUT2D eigenvalue weighted by atomic mass is 9.94. The Morgan fingerprint density at radius 1 is 1.00 bits per heavy atom. The second-order valence-electron chi connectivity index (χ2n) is 10.2. The van der Waals surface area contributed by atoms with Crippen LogP contribution in [0.25, 0.3) is 23.1 Å². The Hall–Kier alpha value is -4.20. The molecule has 0 spiro atoms. The summed E-state index contributed by atoms with van der Waals surface area (Å²) in [5.74, 6) is 0.210. The molecule has 0 aliphatic heterocycles. The molecular weight excluding hydrogens is 552 g/mol. The molecule has 4 rings (SSSR count). The van der Waals surface area contributed by atoms with Gasteiger partial charge in [-0.25, -0.2) is 4.79 Å². The first-order valence-corrected chi connectivity index (χ1v) is 14.1. The van der Waals surface area contributed by atoms with Gasteiger partial charge in [0.1, 0.15) is 5.75 Å². The van der Waals surface area contributed by atoms with E-state index in [1.54, 1.807) is 19.2 Å². The number of fused-ring (bicyclic) bond motifs is 1. The summed E-state index contributed by atoms with van der Waals surface area (Å²) in [6.45, 7) is 5.00. The van der Waals surface area contributed by atoms with Crippen molar-refractivity contribution in [1.82, 2.24) is 4.98 Å². The summed E-state index contributed by atoms with van der Waals surface area (Å²) in [7, 11) is 1.66. The second kappa shape index (κ2) is 16.3. The number of nitrogens with two attached hydrogens (primary N) is 1. The molecule has 1 aromatic heterocycles. The number of carbonyl (C=O) groups is 2. The molecule has 0 radical (unpaired) electrons. The fourth-order valence-electron chi connectivity index (χ4n) is 4.34. The van der Waals surface area contributed by atoms with E-state index in [4.69, 9.17) is 30.9 Å². The van der Waals surface area contributed by atoms with Gasteiger partial charge in [-0.15, -0.1) is 0 Å². The van der Waals surface area contributed by atoms with Gasteiger partial charge in [0, 0.05) is 29.1 Å². The summed E-state index contributed by atoms with van der Waals surface area (Å²) in [5.41, 5.74) is 9.16. The predicted molar refractivity (Wildman–Crippen MR) is 169 cm³/mol. The number of carbonyl (C=O) groups excluding carboxylic acids is 2. The van der Waals surface area contributed by atoms with Gasteiger partial charge < -0.3 is 20.3 Å². The average Bonchev–Trinajstić information content (AvgIpc) is 2.97. The maximum absolute atomic E-state index is 13.4. The van der Waals surface area contributed by atoms with Crippen molar-refractivity contribution >= 4 is 47.0 Å². The van der Waals surface area contributed by atoms with Gasteiger partial charge in [0.15, 0.2) is 0 Å². The molecule has 0 saturated carbocycles. The standard InChI is InChI=1S/C33H34ClNO4.CH3NO/c1-22(2)16-17-39-33(37)30-20-32(26(21-38-3)18-24-8-13-28(36)14-9-24)35-31-15-10-25(19-29(30)31)5-4-23-6-11-27(34)12-7-23;2-1-3/h4-15,19-20,22,26,36H,16-18,21H2,1-3H3;1H,(H2,2,3)/b5-4+;. The van der Waals surface area contributed by atoms with Crippen molar-refractivity contribution in [2.24, 2.45) is 11.7 Å². The van der Waals surface area contributed by atoms with E-state index < -0.39 is 0 Å². The van der Waals surface area contributed by atoms with Crippen molar-refractivity contribution in [2.75, 3.05) is 20.3 Å². The zero-order valence-electron chi connectivity index (χ0n) is 24.1. The van der Waals surface area contributed by atoms with Crippen molar-refractivity contribution in [3.05, 3.63) is 106 Å². The summed E-state index contributed by atoms with van der Waals surface area (Å²) in [5, 5.41) is 11.1. The van der Waals surface area contributed by atoms with E-state index in [0.717, 1.165) is 39.7 Å². The fourth-order valence-corrected chi connectivity index (χ4v) is 4.47. The number of rotatable bonds is 11. The van der Waals surface area contributed by atoms with E-state index in [9.17, 15) is 9.90 Å². The van der Waals surface area contributed by atoms with Crippen molar-refractivity contribution in [1.29, 1.82) is 0 Å². The van der Waals surface area contributed by atoms with Crippen LogP contribution in [0.1, 0.15) is 58.9 Å². The maximum Gasteiger partial charge on any atom is 0.338 e. The summed E-state index contributed by atoms with van der Waals surface area (Å²) in [6, 6.07) is 22.5. The van der Waals surface area contributed by atoms with E-state index in [1.807, 2.05) is 72.8 Å². The molecule has 1 heterocycles. The van der Waals surface area contributed by atoms with Gasteiger partial charge in [-0.1, -0.05) is 67.9 Å². The summed E-state index contributed by atoms with van der Waals surface area (Å²) in [6.07, 6.45) is 5.70. The number of esters is 1. The van der Waals surface area contributed by atoms with Crippen LogP contribution in [-0.2, 0) is 20.7 Å². The first-order valence-electron chi connectivity index (χ1n) is 13.7. The molecule has 0 aliphatic rings. The van der Waals surface area contributed by atoms with Crippen LogP contribution in [0.15, 0.2) is 72.8 Å². The van der Waals surface area contributed by atoms with Crippen LogP contribution in [0.4, 0.5) is 0 Å². The Morgan fingerprint density at radius 2 is 1.64 bits per heavy atom. The van der Waals surface area contributed by atoms with E-state index in [1.165, 1.54) is 0 Å². The smallest absolute Gasteiger partial charge is 0.338 e. The molecule has 3 N–H and O–H groups in total. The zero-order chi connectivity index (χ0) is 30.5. The number of hydrogen-bond donors (Lipinski definition) is 2. The Bertz CT molecular complexity index is 1480. The number of hydrogen-bond acceptors (Lipinski definition) is 6. The van der Waals surface area contributed by atoms with Gasteiger partial charge in [-0.2, -0.15) is 0 Å². The molecule has 1 unspecified atom stereocenters. The summed E-state index contributed by atoms with van der Waals surface area (Å²) in [4.78, 5) is 26.9. The molecule has 220 valence electrons. The monoisotopic (exact) mass is 588 g/mol. The quantitative estimate of drug-likeness (QED) is 0.110. The van der Waals surface area contributed by atoms with Crippen LogP contribution in [0.2, 0.25) is 5.02 Å². The molecule has 42 heavy (non-hydrogen) atoms. The average molecular weight is 589 g/mol. The van der Waals surface area contributed by atoms with Gasteiger partial charge in [0.05, 0.1) is 24.3 Å². The number of ether oxygens (including phenoxy) is 2. The summed E-state index contributed by atoms with van der Waals surface area (Å²) < 4.78 is 11.2. The number of phenolic OH excluding ortho intramolecular Hbond substituents is 1. The third-order valence-corrected chi connectivity index (χ3v) is 6.80. The third kappa shape index (κ3) is 9.72. The molecular formula is C34H37ClN2O5. The minimum absolute atomic E-state index is 0.0874. The van der Waals surface area contributed by atoms with Crippen LogP contribution in [-0.4, -0.2) is 42.8 Å². The number of phenols is 1. The lowest BCUT2D eigenvalue weighted by Gasteiger charge is -2.18. The minimum atomic E-state index is -0.357. The Labute approximate surface area is 251 Å². The largest absolute Gasteiger partial charge is 0.508 e. The van der Waals surface area contributed by atoms with Crippen molar-refractivity contribution in [3.63, 3.8) is 0 Å². The zero-order valence-corrected chi connectivity index (χ0v) is 24.9. The van der Waals surface area contributed by atoms with Gasteiger partial charge in [0.2, 0.25) is 6.41 Å². The highest BCUT2D eigenvalue weighted by molar-refractivity contribution is 6.30. The van der Waals surface area contributed by atoms with Crippen LogP contribution in [0.5, 0.6) is 5.75 Å². The van der Waals surface area contributed by atoms with Crippen LogP contribution in [0, 0.1) is 5.92 Å². The third-order valence-electron chi connectivity index (χ3n) is 6.54. The minimum Gasteiger partial charge on any atom is -0.508 e. The summed E-state index contributed by atoms with van der Waals surface area (Å²) >= 11 is 6.01. The molecule has 0 bridgehead atoms. The number of aromatic nitrogens is 1. The van der Waals surface area contributed by atoms with Crippen LogP contribution in [0.3, 0.4) is 0 Å². The lowest BCUT2D eigenvalue weighted by Crippen LogP contribution is -2.15. The number of amides is 1. The van der Waals surface area contributed by atoms with Gasteiger partial charge >= 0.3 is 5.97 Å². The van der Waals surface area contributed by atoms with Crippen LogP contribution >= 0.6 is 11.6 Å². The molecule has 0 fully saturated rings. The van der Waals surface area contributed by atoms with E-state index in [0.29, 0.717) is 36.1 Å². The number of nitrogens with zero attached hydrogens (tertiary/aromatic N) is 1. The highest BCUT2D eigenvalue weighted by Crippen LogP contribution is 2.28. The maximum atomic E-state index is 13.4. The number of benzene rings is 3. The van der Waals surface area contributed by atoms with Crippen LogP contribution < -0.4 is 5.73 Å². The van der Waals surface area contributed by atoms with E-state index in [2.05, 4.69) is 19.6 Å². The molecule has 7 nitrogen and oxygen atoms in total. The van der Waals surface area contributed by atoms with Crippen molar-refractivity contribution in [2.45, 2.75) is 32.6 Å². The predicted octanol–water partition coefficient (Wildman–Crippen LogP) is 7.04. The Balaban J connectivity index is 0.00000155. The van der Waals surface area contributed by atoms with E-state index in [-0.39, 0.29) is 24.0 Å². The molecule has 1 amide bonds. The van der Waals surface area contributed by atoms with Gasteiger partial charge in [-0.05, 0) is 77.9 Å². The Kier molecular flexibility index (Phi) is 12.5.